The van der Waals surface area contributed by atoms with Crippen LogP contribution < -0.4 is 10.5 Å². The monoisotopic (exact) mass is 246 g/mol. The van der Waals surface area contributed by atoms with Crippen molar-refractivity contribution < 1.29 is 9.66 Å². The molecule has 1 aromatic carbocycles. The van der Waals surface area contributed by atoms with E-state index in [1.54, 1.807) is 13.0 Å². The third-order valence-electron chi connectivity index (χ3n) is 2.35. The minimum absolute atomic E-state index is 0.0186. The molecule has 0 radical (unpaired) electrons. The van der Waals surface area contributed by atoms with E-state index in [4.69, 9.17) is 10.5 Å². The van der Waals surface area contributed by atoms with E-state index in [-0.39, 0.29) is 17.4 Å². The molecule has 0 aliphatic heterocycles. The molecule has 2 rings (SSSR count). The van der Waals surface area contributed by atoms with Crippen LogP contribution in [0.4, 0.5) is 11.5 Å². The number of nitro groups is 1. The Labute approximate surface area is 102 Å². The molecule has 0 unspecified atom stereocenters. The van der Waals surface area contributed by atoms with Crippen LogP contribution in [-0.2, 0) is 0 Å². The fourth-order valence-corrected chi connectivity index (χ4v) is 1.43. The van der Waals surface area contributed by atoms with E-state index in [1.165, 1.54) is 24.5 Å². The number of benzene rings is 1. The summed E-state index contributed by atoms with van der Waals surface area (Å²) < 4.78 is 5.43. The number of hydrogen-bond donors (Lipinski definition) is 1. The highest BCUT2D eigenvalue weighted by Gasteiger charge is 2.15. The third-order valence-corrected chi connectivity index (χ3v) is 2.35. The van der Waals surface area contributed by atoms with E-state index in [0.29, 0.717) is 11.3 Å². The van der Waals surface area contributed by atoms with E-state index < -0.39 is 4.92 Å². The van der Waals surface area contributed by atoms with Crippen LogP contribution in [0.3, 0.4) is 0 Å². The molecule has 0 saturated carbocycles. The Balaban J connectivity index is 2.39. The lowest BCUT2D eigenvalue weighted by Gasteiger charge is -2.08. The van der Waals surface area contributed by atoms with Crippen molar-refractivity contribution in [2.45, 2.75) is 6.92 Å². The molecule has 18 heavy (non-hydrogen) atoms. The lowest BCUT2D eigenvalue weighted by molar-refractivity contribution is -0.385. The minimum atomic E-state index is -0.470. The Bertz CT molecular complexity index is 601. The first kappa shape index (κ1) is 11.8. The summed E-state index contributed by atoms with van der Waals surface area (Å²) in [5.74, 6) is 0.584. The highest BCUT2D eigenvalue weighted by Crippen LogP contribution is 2.31. The molecule has 0 amide bonds. The van der Waals surface area contributed by atoms with Crippen molar-refractivity contribution in [3.63, 3.8) is 0 Å². The van der Waals surface area contributed by atoms with Crippen molar-refractivity contribution in [2.75, 3.05) is 5.73 Å². The minimum Gasteiger partial charge on any atom is -0.435 e. The Kier molecular flexibility index (Phi) is 3.05. The summed E-state index contributed by atoms with van der Waals surface area (Å²) in [4.78, 5) is 18.0. The second-order valence-corrected chi connectivity index (χ2v) is 3.51. The second kappa shape index (κ2) is 4.66. The van der Waals surface area contributed by atoms with Gasteiger partial charge in [0.15, 0.2) is 5.82 Å². The van der Waals surface area contributed by atoms with Gasteiger partial charge in [-0.05, 0) is 13.0 Å². The molecule has 92 valence electrons. The Hall–Kier alpha value is -2.70. The van der Waals surface area contributed by atoms with Gasteiger partial charge in [0, 0.05) is 18.5 Å². The molecule has 7 heteroatoms. The molecular formula is C11H10N4O3. The molecule has 0 aliphatic rings. The Morgan fingerprint density at radius 2 is 2.06 bits per heavy atom. The van der Waals surface area contributed by atoms with Gasteiger partial charge >= 0.3 is 0 Å². The van der Waals surface area contributed by atoms with Gasteiger partial charge < -0.3 is 10.5 Å². The van der Waals surface area contributed by atoms with Crippen molar-refractivity contribution in [3.8, 4) is 11.6 Å². The van der Waals surface area contributed by atoms with Gasteiger partial charge in [0.2, 0.25) is 0 Å². The van der Waals surface area contributed by atoms with Crippen molar-refractivity contribution in [2.24, 2.45) is 0 Å². The maximum atomic E-state index is 10.8. The highest BCUT2D eigenvalue weighted by atomic mass is 16.6. The first-order valence-electron chi connectivity index (χ1n) is 5.08. The van der Waals surface area contributed by atoms with E-state index in [1.807, 2.05) is 0 Å². The van der Waals surface area contributed by atoms with Crippen molar-refractivity contribution in [1.82, 2.24) is 9.97 Å². The number of anilines is 1. The summed E-state index contributed by atoms with van der Waals surface area (Å²) in [6, 6.07) is 4.55. The van der Waals surface area contributed by atoms with E-state index >= 15 is 0 Å². The summed E-state index contributed by atoms with van der Waals surface area (Å²) in [5, 5.41) is 10.8. The summed E-state index contributed by atoms with van der Waals surface area (Å²) in [6.07, 6.45) is 2.86. The molecule has 2 N–H and O–H groups in total. The van der Waals surface area contributed by atoms with Gasteiger partial charge in [-0.3, -0.25) is 10.1 Å². The summed E-state index contributed by atoms with van der Waals surface area (Å²) in [5.41, 5.74) is 5.98. The van der Waals surface area contributed by atoms with Crippen molar-refractivity contribution in [1.29, 1.82) is 0 Å². The molecular weight excluding hydrogens is 236 g/mol. The van der Waals surface area contributed by atoms with Gasteiger partial charge in [-0.25, -0.2) is 9.97 Å². The molecule has 1 aromatic heterocycles. The molecule has 0 atom stereocenters. The number of nitrogen functional groups attached to an aromatic ring is 1. The second-order valence-electron chi connectivity index (χ2n) is 3.51. The van der Waals surface area contributed by atoms with Crippen molar-refractivity contribution >= 4 is 11.5 Å². The zero-order chi connectivity index (χ0) is 13.1. The van der Waals surface area contributed by atoms with Crippen LogP contribution in [0.1, 0.15) is 5.56 Å². The van der Waals surface area contributed by atoms with Gasteiger partial charge in [-0.2, -0.15) is 0 Å². The fraction of sp³-hybridized carbons (Fsp3) is 0.0909. The fourth-order valence-electron chi connectivity index (χ4n) is 1.43. The quantitative estimate of drug-likeness (QED) is 0.656. The molecule has 0 fully saturated rings. The van der Waals surface area contributed by atoms with E-state index in [9.17, 15) is 10.1 Å². The lowest BCUT2D eigenvalue weighted by atomic mass is 10.2. The molecule has 0 bridgehead atoms. The van der Waals surface area contributed by atoms with Crippen LogP contribution in [0.5, 0.6) is 11.6 Å². The maximum absolute atomic E-state index is 10.8. The Morgan fingerprint density at radius 1 is 1.33 bits per heavy atom. The topological polar surface area (TPSA) is 104 Å². The zero-order valence-corrected chi connectivity index (χ0v) is 9.53. The van der Waals surface area contributed by atoms with Crippen LogP contribution in [0, 0.1) is 17.0 Å². The standard InChI is InChI=1S/C11H10N4O3/c1-7-8(15(16)17)3-2-4-9(7)18-11-10(12)13-5-6-14-11/h2-6H,1H3,(H2,12,13). The van der Waals surface area contributed by atoms with Gasteiger partial charge in [0.05, 0.1) is 10.5 Å². The molecule has 0 saturated heterocycles. The first-order valence-corrected chi connectivity index (χ1v) is 5.08. The number of rotatable bonds is 3. The third kappa shape index (κ3) is 2.19. The smallest absolute Gasteiger partial charge is 0.276 e. The highest BCUT2D eigenvalue weighted by molar-refractivity contribution is 5.51. The van der Waals surface area contributed by atoms with Gasteiger partial charge in [-0.1, -0.05) is 6.07 Å². The molecule has 7 nitrogen and oxygen atoms in total. The maximum Gasteiger partial charge on any atom is 0.276 e. The van der Waals surface area contributed by atoms with Crippen LogP contribution in [0.2, 0.25) is 0 Å². The molecule has 2 aromatic rings. The summed E-state index contributed by atoms with van der Waals surface area (Å²) in [6.45, 7) is 1.60. The SMILES string of the molecule is Cc1c(Oc2nccnc2N)cccc1[N+](=O)[O-]. The number of ether oxygens (including phenoxy) is 1. The summed E-state index contributed by atoms with van der Waals surface area (Å²) in [7, 11) is 0. The van der Waals surface area contributed by atoms with Gasteiger partial charge in [0.1, 0.15) is 5.75 Å². The molecule has 0 aliphatic carbocycles. The van der Waals surface area contributed by atoms with Crippen LogP contribution >= 0.6 is 0 Å². The van der Waals surface area contributed by atoms with Crippen LogP contribution in [-0.4, -0.2) is 14.9 Å². The number of nitrogens with zero attached hydrogens (tertiary/aromatic N) is 3. The van der Waals surface area contributed by atoms with Crippen molar-refractivity contribution in [3.05, 3.63) is 46.3 Å². The molecule has 0 spiro atoms. The predicted octanol–water partition coefficient (Wildman–Crippen LogP) is 2.07. The molecule has 1 heterocycles. The zero-order valence-electron chi connectivity index (χ0n) is 9.53. The first-order chi connectivity index (χ1) is 8.59. The summed E-state index contributed by atoms with van der Waals surface area (Å²) >= 11 is 0. The number of nitrogens with two attached hydrogens (primary N) is 1. The number of hydrogen-bond acceptors (Lipinski definition) is 6. The van der Waals surface area contributed by atoms with E-state index in [2.05, 4.69) is 9.97 Å². The van der Waals surface area contributed by atoms with Gasteiger partial charge in [-0.15, -0.1) is 0 Å². The largest absolute Gasteiger partial charge is 0.435 e. The predicted molar refractivity (Wildman–Crippen MR) is 64.4 cm³/mol. The normalized spacial score (nSPS) is 10.1. The Morgan fingerprint density at radius 3 is 2.72 bits per heavy atom. The number of nitro benzene ring substituents is 1. The lowest BCUT2D eigenvalue weighted by Crippen LogP contribution is -1.99. The van der Waals surface area contributed by atoms with Gasteiger partial charge in [0.25, 0.3) is 11.6 Å². The number of aromatic nitrogens is 2. The average Bonchev–Trinajstić information content (AvgIpc) is 2.34. The van der Waals surface area contributed by atoms with Crippen LogP contribution in [0.15, 0.2) is 30.6 Å². The average molecular weight is 246 g/mol. The van der Waals surface area contributed by atoms with Crippen LogP contribution in [0.25, 0.3) is 0 Å². The van der Waals surface area contributed by atoms with E-state index in [0.717, 1.165) is 0 Å².